The molecule has 0 unspecified atom stereocenters. The van der Waals surface area contributed by atoms with Gasteiger partial charge >= 0.3 is 24.8 Å². The quantitative estimate of drug-likeness (QED) is 0.371. The van der Waals surface area contributed by atoms with E-state index < -0.39 is 0 Å². The molecule has 23 heavy (non-hydrogen) atoms. The molecule has 2 rings (SSSR count). The van der Waals surface area contributed by atoms with Crippen molar-refractivity contribution in [2.75, 3.05) is 0 Å². The average Bonchev–Trinajstić information content (AvgIpc) is 2.57. The molecule has 0 spiro atoms. The normalized spacial score (nSPS) is 8.30. The Morgan fingerprint density at radius 3 is 2.09 bits per heavy atom. The predicted molar refractivity (Wildman–Crippen MR) is 83.9 cm³/mol. The van der Waals surface area contributed by atoms with Crippen molar-refractivity contribution in [3.8, 4) is 29.4 Å². The number of phenols is 1. The molecule has 0 atom stereocenters. The van der Waals surface area contributed by atoms with Crippen molar-refractivity contribution in [3.05, 3.63) is 54.1 Å². The van der Waals surface area contributed by atoms with E-state index in [1.165, 1.54) is 23.6 Å². The number of nitrogens with zero attached hydrogens (tertiary/aromatic N) is 2. The van der Waals surface area contributed by atoms with E-state index in [0.717, 1.165) is 12.0 Å². The van der Waals surface area contributed by atoms with E-state index in [9.17, 15) is 5.11 Å². The molecule has 0 fully saturated rings. The molecule has 0 saturated carbocycles. The van der Waals surface area contributed by atoms with E-state index in [0.29, 0.717) is 18.1 Å². The van der Waals surface area contributed by atoms with Crippen LogP contribution in [0.5, 0.6) is 5.75 Å². The number of hydrogen-bond acceptors (Lipinski definition) is 6. The second kappa shape index (κ2) is 12.3. The van der Waals surface area contributed by atoms with Crippen molar-refractivity contribution in [1.82, 2.24) is 0 Å². The number of phenolic OH excluding ortho intramolecular Hbond substituents is 1. The summed E-state index contributed by atoms with van der Waals surface area (Å²) in [5, 5.41) is 24.5. The van der Waals surface area contributed by atoms with E-state index in [2.05, 4.69) is 33.5 Å². The first-order valence-electron chi connectivity index (χ1n) is 6.37. The Morgan fingerprint density at radius 1 is 1.00 bits per heavy atom. The molecule has 7 heteroatoms. The molecule has 0 amide bonds. The van der Waals surface area contributed by atoms with Crippen molar-refractivity contribution in [3.63, 3.8) is 0 Å². The van der Waals surface area contributed by atoms with E-state index in [1.54, 1.807) is 12.1 Å². The van der Waals surface area contributed by atoms with E-state index in [1.807, 2.05) is 18.2 Å². The smallest absolute Gasteiger partial charge is 0.316 e. The van der Waals surface area contributed by atoms with Crippen LogP contribution >= 0.6 is 12.3 Å². The van der Waals surface area contributed by atoms with Crippen molar-refractivity contribution in [1.29, 1.82) is 10.5 Å². The molecule has 0 aliphatic heterocycles. The maximum Gasteiger partial charge on any atom is 0.316 e. The number of benzene rings is 2. The molecule has 0 bridgehead atoms. The van der Waals surface area contributed by atoms with Crippen LogP contribution in [-0.2, 0) is 34.3 Å². The monoisotopic (exact) mass is 378 g/mol. The van der Waals surface area contributed by atoms with Gasteiger partial charge in [0, 0.05) is 19.5 Å². The van der Waals surface area contributed by atoms with Crippen molar-refractivity contribution < 1.29 is 33.0 Å². The topological polar surface area (TPSA) is 86.3 Å². The van der Waals surface area contributed by atoms with Crippen LogP contribution < -0.4 is 0 Å². The third-order valence-electron chi connectivity index (χ3n) is 2.72. The summed E-state index contributed by atoms with van der Waals surface area (Å²) in [7, 11) is 0. The van der Waals surface area contributed by atoms with Crippen LogP contribution in [0.2, 0.25) is 0 Å². The van der Waals surface area contributed by atoms with Gasteiger partial charge in [-0.2, -0.15) is 0 Å². The van der Waals surface area contributed by atoms with E-state index in [-0.39, 0.29) is 19.5 Å². The van der Waals surface area contributed by atoms with Gasteiger partial charge in [-0.1, -0.05) is 43.3 Å². The average molecular weight is 380 g/mol. The standard InChI is InChI=1S/C14H14O.C2N2O2S.Zn/c1-2-11-5-3-4-6-14(11)12-7-9-13(15)10-8-12;3-1-5-7-6-2-4;/h3-10,15H,2H2,1H3;;. The second-order valence-electron chi connectivity index (χ2n) is 3.97. The van der Waals surface area contributed by atoms with Gasteiger partial charge < -0.3 is 13.5 Å². The third-order valence-corrected chi connectivity index (χ3v) is 3.00. The molecular weight excluding hydrogens is 366 g/mol. The van der Waals surface area contributed by atoms with Crippen LogP contribution in [0.15, 0.2) is 48.5 Å². The molecule has 2 aromatic carbocycles. The van der Waals surface area contributed by atoms with Gasteiger partial charge in [0.25, 0.3) is 0 Å². The summed E-state index contributed by atoms with van der Waals surface area (Å²) in [5.74, 6) is 0.313. The maximum atomic E-state index is 9.23. The summed E-state index contributed by atoms with van der Waals surface area (Å²) >= 11 is 0.331. The molecule has 0 heterocycles. The summed E-state index contributed by atoms with van der Waals surface area (Å²) in [6, 6.07) is 15.7. The van der Waals surface area contributed by atoms with Gasteiger partial charge in [0.05, 0.1) is 0 Å². The molecule has 0 saturated heterocycles. The Hall–Kier alpha value is -2.21. The molecular formula is C16H14N2O3SZn. The minimum Gasteiger partial charge on any atom is -0.508 e. The largest absolute Gasteiger partial charge is 0.508 e. The molecule has 5 nitrogen and oxygen atoms in total. The van der Waals surface area contributed by atoms with E-state index >= 15 is 0 Å². The molecule has 0 radical (unpaired) electrons. The maximum absolute atomic E-state index is 9.23. The zero-order valence-corrected chi connectivity index (χ0v) is 16.4. The summed E-state index contributed by atoms with van der Waals surface area (Å²) in [5.41, 5.74) is 3.74. The van der Waals surface area contributed by atoms with Gasteiger partial charge in [-0.3, -0.25) is 0 Å². The van der Waals surface area contributed by atoms with Crippen molar-refractivity contribution >= 4 is 12.3 Å². The zero-order valence-electron chi connectivity index (χ0n) is 12.6. The molecule has 0 aliphatic carbocycles. The van der Waals surface area contributed by atoms with Gasteiger partial charge in [0.1, 0.15) is 5.75 Å². The van der Waals surface area contributed by atoms with Crippen LogP contribution in [0, 0.1) is 23.0 Å². The van der Waals surface area contributed by atoms with Crippen molar-refractivity contribution in [2.45, 2.75) is 13.3 Å². The Balaban J connectivity index is 0.000000522. The van der Waals surface area contributed by atoms with Gasteiger partial charge in [-0.15, -0.1) is 10.5 Å². The fourth-order valence-electron chi connectivity index (χ4n) is 1.80. The molecule has 1 N–H and O–H groups in total. The van der Waals surface area contributed by atoms with Crippen LogP contribution in [0.1, 0.15) is 12.5 Å². The number of nitriles is 2. The van der Waals surface area contributed by atoms with Crippen LogP contribution in [0.3, 0.4) is 0 Å². The Bertz CT molecular complexity index is 652. The molecule has 0 aromatic heterocycles. The predicted octanol–water partition coefficient (Wildman–Crippen LogP) is 4.16. The van der Waals surface area contributed by atoms with Crippen LogP contribution in [0.4, 0.5) is 0 Å². The minimum absolute atomic E-state index is 0. The summed E-state index contributed by atoms with van der Waals surface area (Å²) < 4.78 is 7.70. The first-order valence-corrected chi connectivity index (χ1v) is 7.04. The summed E-state index contributed by atoms with van der Waals surface area (Å²) in [4.78, 5) is 0. The number of aryl methyl sites for hydroxylation is 1. The Morgan fingerprint density at radius 2 is 1.57 bits per heavy atom. The first kappa shape index (κ1) is 20.8. The Kier molecular flexibility index (Phi) is 11.2. The van der Waals surface area contributed by atoms with E-state index in [4.69, 9.17) is 10.5 Å². The zero-order chi connectivity index (χ0) is 16.2. The summed E-state index contributed by atoms with van der Waals surface area (Å²) in [6.45, 7) is 2.15. The Labute approximate surface area is 152 Å². The fraction of sp³-hybridized carbons (Fsp3) is 0.125. The van der Waals surface area contributed by atoms with Gasteiger partial charge in [-0.05, 0) is 35.2 Å². The fourth-order valence-corrected chi connectivity index (χ4v) is 1.89. The molecule has 2 aromatic rings. The number of aromatic hydroxyl groups is 1. The van der Waals surface area contributed by atoms with Crippen molar-refractivity contribution in [2.24, 2.45) is 0 Å². The van der Waals surface area contributed by atoms with Gasteiger partial charge in [0.15, 0.2) is 0 Å². The van der Waals surface area contributed by atoms with Gasteiger partial charge in [0.2, 0.25) is 0 Å². The SMILES string of the molecule is CCc1ccccc1-c1ccc(O)cc1.N#COSOC#N.[Zn]. The van der Waals surface area contributed by atoms with Crippen LogP contribution in [-0.4, -0.2) is 5.11 Å². The first-order chi connectivity index (χ1) is 10.7. The van der Waals surface area contributed by atoms with Crippen LogP contribution in [0.25, 0.3) is 11.1 Å². The second-order valence-corrected chi connectivity index (χ2v) is 4.44. The minimum atomic E-state index is 0. The molecule has 114 valence electrons. The number of rotatable bonds is 4. The van der Waals surface area contributed by atoms with Gasteiger partial charge in [-0.25, -0.2) is 0 Å². The number of hydrogen-bond donors (Lipinski definition) is 1. The summed E-state index contributed by atoms with van der Waals surface area (Å²) in [6.07, 6.45) is 3.60. The third kappa shape index (κ3) is 7.56. The molecule has 0 aliphatic rings.